The van der Waals surface area contributed by atoms with E-state index >= 15 is 0 Å². The van der Waals surface area contributed by atoms with Crippen LogP contribution in [0.25, 0.3) is 0 Å². The van der Waals surface area contributed by atoms with Crippen molar-refractivity contribution in [3.8, 4) is 5.75 Å². The van der Waals surface area contributed by atoms with Gasteiger partial charge in [-0.2, -0.15) is 5.10 Å². The standard InChI is InChI=1S/C15H21N3O/c1-11(2)19-15-8-6-5-7-13(15)17-12(3)14-9-10-16-18(14)4/h5-12,17H,1-4H3. The zero-order valence-electron chi connectivity index (χ0n) is 11.9. The van der Waals surface area contributed by atoms with Crippen LogP contribution in [0.5, 0.6) is 5.75 Å². The highest BCUT2D eigenvalue weighted by Crippen LogP contribution is 2.28. The number of hydrogen-bond acceptors (Lipinski definition) is 3. The van der Waals surface area contributed by atoms with Crippen LogP contribution in [0.3, 0.4) is 0 Å². The van der Waals surface area contributed by atoms with Gasteiger partial charge in [0.25, 0.3) is 0 Å². The van der Waals surface area contributed by atoms with Crippen molar-refractivity contribution < 1.29 is 4.74 Å². The van der Waals surface area contributed by atoms with Gasteiger partial charge in [0.1, 0.15) is 5.75 Å². The molecule has 0 spiro atoms. The number of nitrogens with one attached hydrogen (secondary N) is 1. The third-order valence-electron chi connectivity index (χ3n) is 2.92. The third kappa shape index (κ3) is 3.28. The van der Waals surface area contributed by atoms with Crippen LogP contribution < -0.4 is 10.1 Å². The first kappa shape index (κ1) is 13.5. The summed E-state index contributed by atoms with van der Waals surface area (Å²) in [5.41, 5.74) is 2.14. The number of aryl methyl sites for hydroxylation is 1. The van der Waals surface area contributed by atoms with Crippen LogP contribution in [0.2, 0.25) is 0 Å². The van der Waals surface area contributed by atoms with Crippen molar-refractivity contribution in [3.05, 3.63) is 42.2 Å². The molecule has 0 saturated carbocycles. The highest BCUT2D eigenvalue weighted by molar-refractivity contribution is 5.57. The first-order chi connectivity index (χ1) is 9.08. The predicted molar refractivity (Wildman–Crippen MR) is 77.5 cm³/mol. The summed E-state index contributed by atoms with van der Waals surface area (Å²) in [5.74, 6) is 0.881. The van der Waals surface area contributed by atoms with E-state index in [4.69, 9.17) is 4.74 Å². The highest BCUT2D eigenvalue weighted by atomic mass is 16.5. The van der Waals surface area contributed by atoms with Gasteiger partial charge in [-0.3, -0.25) is 4.68 Å². The molecule has 4 nitrogen and oxygen atoms in total. The number of anilines is 1. The molecule has 1 aromatic heterocycles. The molecular weight excluding hydrogens is 238 g/mol. The molecule has 1 unspecified atom stereocenters. The highest BCUT2D eigenvalue weighted by Gasteiger charge is 2.12. The smallest absolute Gasteiger partial charge is 0.142 e. The molecule has 0 bridgehead atoms. The fourth-order valence-corrected chi connectivity index (χ4v) is 2.06. The van der Waals surface area contributed by atoms with Crippen molar-refractivity contribution in [2.75, 3.05) is 5.32 Å². The minimum atomic E-state index is 0.162. The summed E-state index contributed by atoms with van der Waals surface area (Å²) in [6.07, 6.45) is 1.97. The van der Waals surface area contributed by atoms with Gasteiger partial charge in [-0.05, 0) is 39.0 Å². The van der Waals surface area contributed by atoms with Gasteiger partial charge < -0.3 is 10.1 Å². The van der Waals surface area contributed by atoms with Crippen molar-refractivity contribution >= 4 is 5.69 Å². The number of hydrogen-bond donors (Lipinski definition) is 1. The van der Waals surface area contributed by atoms with Gasteiger partial charge in [-0.15, -0.1) is 0 Å². The van der Waals surface area contributed by atoms with Gasteiger partial charge in [0.2, 0.25) is 0 Å². The lowest BCUT2D eigenvalue weighted by atomic mass is 10.2. The second kappa shape index (κ2) is 5.78. The molecule has 1 heterocycles. The summed E-state index contributed by atoms with van der Waals surface area (Å²) < 4.78 is 7.69. The molecule has 2 rings (SSSR count). The van der Waals surface area contributed by atoms with Crippen molar-refractivity contribution in [2.45, 2.75) is 32.9 Å². The van der Waals surface area contributed by atoms with E-state index in [0.29, 0.717) is 0 Å². The molecular formula is C15H21N3O. The topological polar surface area (TPSA) is 39.1 Å². The maximum atomic E-state index is 5.81. The summed E-state index contributed by atoms with van der Waals surface area (Å²) >= 11 is 0. The Morgan fingerprint density at radius 2 is 1.89 bits per heavy atom. The summed E-state index contributed by atoms with van der Waals surface area (Å²) in [7, 11) is 1.95. The van der Waals surface area contributed by atoms with Crippen LogP contribution in [-0.2, 0) is 7.05 Å². The summed E-state index contributed by atoms with van der Waals surface area (Å²) in [5, 5.41) is 7.67. The fraction of sp³-hybridized carbons (Fsp3) is 0.400. The van der Waals surface area contributed by atoms with Crippen molar-refractivity contribution in [2.24, 2.45) is 7.05 Å². The van der Waals surface area contributed by atoms with Crippen LogP contribution in [0, 0.1) is 0 Å². The van der Waals surface area contributed by atoms with E-state index in [1.165, 1.54) is 0 Å². The van der Waals surface area contributed by atoms with Crippen molar-refractivity contribution in [3.63, 3.8) is 0 Å². The lowest BCUT2D eigenvalue weighted by Crippen LogP contribution is -2.13. The Labute approximate surface area is 114 Å². The summed E-state index contributed by atoms with van der Waals surface area (Å²) in [6, 6.07) is 10.2. The number of nitrogens with zero attached hydrogens (tertiary/aromatic N) is 2. The molecule has 0 amide bonds. The predicted octanol–water partition coefficient (Wildman–Crippen LogP) is 3.38. The average molecular weight is 259 g/mol. The molecule has 1 aromatic carbocycles. The van der Waals surface area contributed by atoms with Gasteiger partial charge in [0.15, 0.2) is 0 Å². The maximum Gasteiger partial charge on any atom is 0.142 e. The molecule has 102 valence electrons. The Bertz CT molecular complexity index is 534. The molecule has 1 atom stereocenters. The van der Waals surface area contributed by atoms with E-state index in [9.17, 15) is 0 Å². The number of aromatic nitrogens is 2. The van der Waals surface area contributed by atoms with Crippen LogP contribution in [0.4, 0.5) is 5.69 Å². The molecule has 0 aliphatic heterocycles. The Balaban J connectivity index is 2.17. The lowest BCUT2D eigenvalue weighted by molar-refractivity contribution is 0.243. The van der Waals surface area contributed by atoms with E-state index in [1.807, 2.05) is 62.1 Å². The van der Waals surface area contributed by atoms with Gasteiger partial charge >= 0.3 is 0 Å². The molecule has 19 heavy (non-hydrogen) atoms. The first-order valence-corrected chi connectivity index (χ1v) is 6.58. The van der Waals surface area contributed by atoms with Gasteiger partial charge in [-0.25, -0.2) is 0 Å². The summed E-state index contributed by atoms with van der Waals surface area (Å²) in [6.45, 7) is 6.17. The summed E-state index contributed by atoms with van der Waals surface area (Å²) in [4.78, 5) is 0. The van der Waals surface area contributed by atoms with Crippen molar-refractivity contribution in [1.82, 2.24) is 9.78 Å². The fourth-order valence-electron chi connectivity index (χ4n) is 2.06. The normalized spacial score (nSPS) is 12.5. The van der Waals surface area contributed by atoms with E-state index < -0.39 is 0 Å². The van der Waals surface area contributed by atoms with Crippen LogP contribution in [-0.4, -0.2) is 15.9 Å². The minimum Gasteiger partial charge on any atom is -0.489 e. The third-order valence-corrected chi connectivity index (χ3v) is 2.92. The van der Waals surface area contributed by atoms with Crippen molar-refractivity contribution in [1.29, 1.82) is 0 Å². The SMILES string of the molecule is CC(C)Oc1ccccc1NC(C)c1ccnn1C. The molecule has 0 saturated heterocycles. The second-order valence-electron chi connectivity index (χ2n) is 4.91. The average Bonchev–Trinajstić information content (AvgIpc) is 2.77. The van der Waals surface area contributed by atoms with Gasteiger partial charge in [0.05, 0.1) is 23.5 Å². The quantitative estimate of drug-likeness (QED) is 0.894. The van der Waals surface area contributed by atoms with Gasteiger partial charge in [0, 0.05) is 13.2 Å². The molecule has 0 aliphatic rings. The number of benzene rings is 1. The van der Waals surface area contributed by atoms with Crippen LogP contribution in [0.15, 0.2) is 36.5 Å². The van der Waals surface area contributed by atoms with Gasteiger partial charge in [-0.1, -0.05) is 12.1 Å². The Morgan fingerprint density at radius 3 is 2.53 bits per heavy atom. The van der Waals surface area contributed by atoms with E-state index in [2.05, 4.69) is 17.3 Å². The molecule has 2 aromatic rings. The Hall–Kier alpha value is -1.97. The minimum absolute atomic E-state index is 0.162. The number of rotatable bonds is 5. The Kier molecular flexibility index (Phi) is 4.10. The molecule has 1 N–H and O–H groups in total. The molecule has 0 aliphatic carbocycles. The molecule has 0 fully saturated rings. The van der Waals surface area contributed by atoms with E-state index in [-0.39, 0.29) is 12.1 Å². The van der Waals surface area contributed by atoms with Crippen LogP contribution in [0.1, 0.15) is 32.5 Å². The van der Waals surface area contributed by atoms with E-state index in [1.54, 1.807) is 0 Å². The molecule has 4 heteroatoms. The number of ether oxygens (including phenoxy) is 1. The molecule has 0 radical (unpaired) electrons. The number of para-hydroxylation sites is 2. The maximum absolute atomic E-state index is 5.81. The first-order valence-electron chi connectivity index (χ1n) is 6.58. The largest absolute Gasteiger partial charge is 0.489 e. The monoisotopic (exact) mass is 259 g/mol. The zero-order valence-corrected chi connectivity index (χ0v) is 11.9. The lowest BCUT2D eigenvalue weighted by Gasteiger charge is -2.19. The second-order valence-corrected chi connectivity index (χ2v) is 4.91. The Morgan fingerprint density at radius 1 is 1.16 bits per heavy atom. The zero-order chi connectivity index (χ0) is 13.8. The van der Waals surface area contributed by atoms with E-state index in [0.717, 1.165) is 17.1 Å². The van der Waals surface area contributed by atoms with Crippen LogP contribution >= 0.6 is 0 Å².